The second-order valence-electron chi connectivity index (χ2n) is 18.9. The van der Waals surface area contributed by atoms with Crippen LogP contribution in [0.15, 0.2) is 0 Å². The van der Waals surface area contributed by atoms with Gasteiger partial charge in [-0.1, -0.05) is 96.3 Å². The smallest absolute Gasteiger partial charge is 0.362 e. The van der Waals surface area contributed by atoms with Gasteiger partial charge in [0.25, 0.3) is 0 Å². The summed E-state index contributed by atoms with van der Waals surface area (Å²) in [5.74, 6) is 1.37. The number of alkyl halides is 5. The fourth-order valence-electron chi connectivity index (χ4n) is 8.99. The third-order valence-electron chi connectivity index (χ3n) is 13.2. The van der Waals surface area contributed by atoms with E-state index in [-0.39, 0.29) is 122 Å². The molecule has 0 atom stereocenters. The Balaban J connectivity index is 0.000000469. The summed E-state index contributed by atoms with van der Waals surface area (Å²) >= 11 is 27.4. The van der Waals surface area contributed by atoms with Gasteiger partial charge in [-0.25, -0.2) is 24.0 Å². The van der Waals surface area contributed by atoms with Crippen LogP contribution in [0.25, 0.3) is 0 Å². The third-order valence-corrected chi connectivity index (χ3v) is 14.1. The maximum atomic E-state index is 11.6. The van der Waals surface area contributed by atoms with Crippen LogP contribution in [0.1, 0.15) is 161 Å². The average molecular weight is 1180 g/mol. The zero-order valence-electron chi connectivity index (χ0n) is 43.7. The lowest BCUT2D eigenvalue weighted by Crippen LogP contribution is -2.91. The lowest BCUT2D eigenvalue weighted by molar-refractivity contribution is -0.731. The Morgan fingerprint density at radius 2 is 0.427 bits per heavy atom. The summed E-state index contributed by atoms with van der Waals surface area (Å²) in [5, 5.41) is 72.6. The number of quaternary nitrogens is 5. The van der Waals surface area contributed by atoms with E-state index in [0.29, 0.717) is 27.9 Å². The molecule has 0 unspecified atom stereocenters. The molecule has 15 N–H and O–H groups in total. The van der Waals surface area contributed by atoms with Crippen molar-refractivity contribution in [1.29, 1.82) is 0 Å². The van der Waals surface area contributed by atoms with Crippen molar-refractivity contribution < 1.29 is 51.9 Å². The highest BCUT2D eigenvalue weighted by Gasteiger charge is 2.24. The summed E-state index contributed by atoms with van der Waals surface area (Å²) in [6.45, 7) is 1.34. The molecule has 0 spiro atoms. The molecule has 0 saturated heterocycles. The summed E-state index contributed by atoms with van der Waals surface area (Å²) in [6.07, 6.45) is 27.9. The summed E-state index contributed by atoms with van der Waals surface area (Å²) in [5.41, 5.74) is 2.64. The second kappa shape index (κ2) is 46.3. The Morgan fingerprint density at radius 1 is 0.293 bits per heavy atom. The van der Waals surface area contributed by atoms with Crippen LogP contribution in [0.2, 0.25) is 0 Å². The highest BCUT2D eigenvalue weighted by molar-refractivity contribution is 6.19. The molecule has 0 radical (unpaired) electrons. The minimum Gasteiger partial charge on any atom is -0.609 e. The van der Waals surface area contributed by atoms with Crippen molar-refractivity contribution >= 4 is 88.2 Å². The number of urea groups is 5. The molecule has 5 fully saturated rings. The molecular formula is C45H90Cl5N15O10. The topological polar surface area (TPSA) is 360 Å². The van der Waals surface area contributed by atoms with Crippen molar-refractivity contribution in [1.82, 2.24) is 51.6 Å². The second-order valence-corrected chi connectivity index (χ2v) is 20.8. The van der Waals surface area contributed by atoms with Gasteiger partial charge in [0.1, 0.15) is 0 Å². The maximum absolute atomic E-state index is 11.6. The van der Waals surface area contributed by atoms with Gasteiger partial charge in [0.15, 0.2) is 0 Å². The van der Waals surface area contributed by atoms with Gasteiger partial charge in [-0.3, -0.25) is 27.9 Å². The molecule has 5 rings (SSSR count). The first-order valence-corrected chi connectivity index (χ1v) is 29.5. The van der Waals surface area contributed by atoms with Gasteiger partial charge in [-0.2, -0.15) is 25.0 Å². The molecule has 440 valence electrons. The van der Waals surface area contributed by atoms with Crippen LogP contribution < -0.4 is 54.5 Å². The third kappa shape index (κ3) is 32.8. The van der Waals surface area contributed by atoms with E-state index in [4.69, 9.17) is 58.0 Å². The Kier molecular flexibility index (Phi) is 43.5. The number of carbonyl (C=O) groups is 5. The van der Waals surface area contributed by atoms with Crippen LogP contribution >= 0.6 is 58.0 Å². The minimum absolute atomic E-state index is 0.226. The highest BCUT2D eigenvalue weighted by atomic mass is 35.5. The van der Waals surface area contributed by atoms with Crippen molar-refractivity contribution in [2.75, 3.05) is 62.1 Å². The molecule has 5 aliphatic carbocycles. The fraction of sp³-hybridized carbons (Fsp3) is 0.889. The molecule has 5 aliphatic rings. The van der Waals surface area contributed by atoms with E-state index < -0.39 is 0 Å². The number of hydrogen-bond donors (Lipinski definition) is 10. The Hall–Kier alpha value is -2.60. The first-order valence-electron chi connectivity index (χ1n) is 26.8. The molecule has 0 aromatic rings. The molecule has 25 nitrogen and oxygen atoms in total. The normalized spacial score (nSPS) is 17.5. The zero-order chi connectivity index (χ0) is 55.5. The van der Waals surface area contributed by atoms with E-state index >= 15 is 0 Å². The number of hydrogen-bond acceptors (Lipinski definition) is 10. The summed E-state index contributed by atoms with van der Waals surface area (Å²) in [6, 6.07) is -0.479. The van der Waals surface area contributed by atoms with Crippen LogP contribution in [0.3, 0.4) is 0 Å². The van der Waals surface area contributed by atoms with Crippen LogP contribution in [-0.2, 0) is 0 Å². The van der Waals surface area contributed by atoms with Crippen molar-refractivity contribution in [3.8, 4) is 0 Å². The maximum Gasteiger partial charge on any atom is 0.362 e. The van der Waals surface area contributed by atoms with Gasteiger partial charge in [0.05, 0.1) is 32.7 Å². The molecular weight excluding hydrogens is 1090 g/mol. The summed E-state index contributed by atoms with van der Waals surface area (Å²) in [4.78, 5) is 57.8. The monoisotopic (exact) mass is 1180 g/mol. The SMILES string of the molecule is O=C(NC1CCCCC1)N(CCCl)[NH2+][O-].O=C(NC1CCCCC1)N(CCCl)[NH2+][O-].O=C(NC1CCCCC1)N(CCCl)[NH2+][O-].O=C(NC1CCCCC1)N(CCCl)[NH2+][O-].O=C(NC1CCCCC1)N(CCCl)[NH2+][O-]. The lowest BCUT2D eigenvalue weighted by atomic mass is 9.96. The number of nitrogens with two attached hydrogens (primary N) is 5. The number of nitrogens with one attached hydrogen (secondary N) is 5. The van der Waals surface area contributed by atoms with E-state index in [1.54, 1.807) is 0 Å². The predicted octanol–water partition coefficient (Wildman–Crippen LogP) is 2.73. The van der Waals surface area contributed by atoms with Crippen molar-refractivity contribution in [2.24, 2.45) is 0 Å². The summed E-state index contributed by atoms with van der Waals surface area (Å²) < 4.78 is 0. The molecule has 30 heteroatoms. The number of halogens is 5. The van der Waals surface area contributed by atoms with E-state index in [2.05, 4.69) is 26.6 Å². The quantitative estimate of drug-likeness (QED) is 0.0368. The first-order chi connectivity index (χ1) is 36.4. The fourth-order valence-corrected chi connectivity index (χ4v) is 9.90. The van der Waals surface area contributed by atoms with E-state index in [1.807, 2.05) is 0 Å². The Morgan fingerprint density at radius 3 is 0.533 bits per heavy atom. The lowest BCUT2D eigenvalue weighted by Gasteiger charge is -2.26. The molecule has 0 heterocycles. The predicted molar refractivity (Wildman–Crippen MR) is 291 cm³/mol. The molecule has 5 saturated carbocycles. The standard InChI is InChI=1S/5C9H18ClN3O2/c5*10-6-7-13(12-15)9(14)11-8-4-2-1-3-5-8/h5*8H,1-7,12H2,(H,11,14). The number of rotatable bonds is 20. The van der Waals surface area contributed by atoms with Gasteiger partial charge >= 0.3 is 30.2 Å². The molecule has 0 aromatic heterocycles. The zero-order valence-corrected chi connectivity index (χ0v) is 47.5. The van der Waals surface area contributed by atoms with Crippen molar-refractivity contribution in [3.05, 3.63) is 26.0 Å². The van der Waals surface area contributed by atoms with Gasteiger partial charge in [-0.15, -0.1) is 58.0 Å². The number of nitrogens with zero attached hydrogens (tertiary/aromatic N) is 5. The van der Waals surface area contributed by atoms with Crippen molar-refractivity contribution in [3.63, 3.8) is 0 Å². The molecule has 10 amide bonds. The highest BCUT2D eigenvalue weighted by Crippen LogP contribution is 2.20. The number of amides is 10. The average Bonchev–Trinajstić information content (AvgIpc) is 3.43. The Bertz CT molecular complexity index is 1230. The van der Waals surface area contributed by atoms with E-state index in [0.717, 1.165) is 153 Å². The van der Waals surface area contributed by atoms with Gasteiger partial charge in [0, 0.05) is 59.6 Å². The van der Waals surface area contributed by atoms with Crippen LogP contribution in [0.5, 0.6) is 0 Å². The molecule has 75 heavy (non-hydrogen) atoms. The van der Waals surface area contributed by atoms with Crippen LogP contribution in [-0.4, -0.2) is 148 Å². The van der Waals surface area contributed by atoms with Gasteiger partial charge < -0.3 is 52.6 Å². The van der Waals surface area contributed by atoms with E-state index in [1.165, 1.54) is 32.1 Å². The van der Waals surface area contributed by atoms with Gasteiger partial charge in [0.2, 0.25) is 0 Å². The Labute approximate surface area is 468 Å². The number of carbonyl (C=O) groups excluding carboxylic acids is 5. The van der Waals surface area contributed by atoms with Crippen LogP contribution in [0, 0.1) is 26.0 Å². The van der Waals surface area contributed by atoms with Crippen LogP contribution in [0.4, 0.5) is 24.0 Å². The van der Waals surface area contributed by atoms with Gasteiger partial charge in [-0.05, 0) is 64.2 Å². The molecule has 0 aliphatic heterocycles. The molecule has 0 aromatic carbocycles. The molecule has 0 bridgehead atoms. The first kappa shape index (κ1) is 70.4. The van der Waals surface area contributed by atoms with E-state index in [9.17, 15) is 50.0 Å². The van der Waals surface area contributed by atoms with Crippen molar-refractivity contribution in [2.45, 2.75) is 191 Å². The largest absolute Gasteiger partial charge is 0.609 e. The minimum atomic E-state index is -0.322. The summed E-state index contributed by atoms with van der Waals surface area (Å²) in [7, 11) is 0.